The average molecular weight is 221 g/mol. The number of aliphatic hydroxyl groups excluding tert-OH is 1. The van der Waals surface area contributed by atoms with Crippen molar-refractivity contribution in [2.24, 2.45) is 0 Å². The molecule has 0 unspecified atom stereocenters. The van der Waals surface area contributed by atoms with Crippen molar-refractivity contribution in [2.75, 3.05) is 11.4 Å². The first-order valence-electron chi connectivity index (χ1n) is 6.11. The molecular weight excluding hydrogens is 198 g/mol. The summed E-state index contributed by atoms with van der Waals surface area (Å²) in [5, 5.41) is 9.45. The van der Waals surface area contributed by atoms with E-state index < -0.39 is 0 Å². The van der Waals surface area contributed by atoms with Crippen molar-refractivity contribution in [3.8, 4) is 0 Å². The Hall–Kier alpha value is -1.02. The number of hydrogen-bond donors (Lipinski definition) is 1. The number of benzene rings is 1. The molecule has 1 rings (SSSR count). The molecule has 0 saturated carbocycles. The fraction of sp³-hybridized carbons (Fsp3) is 0.571. The fourth-order valence-electron chi connectivity index (χ4n) is 1.87. The van der Waals surface area contributed by atoms with Crippen LogP contribution in [0.2, 0.25) is 0 Å². The summed E-state index contributed by atoms with van der Waals surface area (Å²) in [4.78, 5) is 2.38. The normalized spacial score (nSPS) is 12.9. The van der Waals surface area contributed by atoms with Gasteiger partial charge in [-0.3, -0.25) is 0 Å². The monoisotopic (exact) mass is 221 g/mol. The van der Waals surface area contributed by atoms with E-state index in [0.717, 1.165) is 18.5 Å². The van der Waals surface area contributed by atoms with Crippen LogP contribution >= 0.6 is 0 Å². The molecule has 1 aromatic rings. The first kappa shape index (κ1) is 13.0. The lowest BCUT2D eigenvalue weighted by Gasteiger charge is -2.28. The van der Waals surface area contributed by atoms with Gasteiger partial charge >= 0.3 is 0 Å². The van der Waals surface area contributed by atoms with Crippen molar-refractivity contribution in [1.82, 2.24) is 0 Å². The maximum atomic E-state index is 9.45. The highest BCUT2D eigenvalue weighted by Crippen LogP contribution is 2.21. The summed E-state index contributed by atoms with van der Waals surface area (Å²) in [7, 11) is 0. The van der Waals surface area contributed by atoms with E-state index in [1.54, 1.807) is 6.92 Å². The maximum Gasteiger partial charge on any atom is 0.0761 e. The third kappa shape index (κ3) is 3.24. The molecule has 16 heavy (non-hydrogen) atoms. The molecule has 1 atom stereocenters. The Morgan fingerprint density at radius 1 is 1.12 bits per heavy atom. The van der Waals surface area contributed by atoms with Gasteiger partial charge in [-0.05, 0) is 44.9 Å². The standard InChI is InChI=1S/C14H23NO/c1-5-10-15(11(2)3)14-8-6-13(7-9-14)12(4)16/h6-9,11-12,16H,5,10H2,1-4H3/t12-/m1/s1. The van der Waals surface area contributed by atoms with Crippen LogP contribution < -0.4 is 4.90 Å². The van der Waals surface area contributed by atoms with Gasteiger partial charge < -0.3 is 10.0 Å². The predicted molar refractivity (Wildman–Crippen MR) is 69.8 cm³/mol. The van der Waals surface area contributed by atoms with Gasteiger partial charge in [-0.1, -0.05) is 19.1 Å². The average Bonchev–Trinajstić information content (AvgIpc) is 2.25. The Bertz CT molecular complexity index is 303. The van der Waals surface area contributed by atoms with E-state index >= 15 is 0 Å². The van der Waals surface area contributed by atoms with E-state index in [9.17, 15) is 5.11 Å². The molecule has 1 aromatic carbocycles. The number of aliphatic hydroxyl groups is 1. The molecule has 1 N–H and O–H groups in total. The summed E-state index contributed by atoms with van der Waals surface area (Å²) in [6, 6.07) is 8.71. The van der Waals surface area contributed by atoms with Crippen molar-refractivity contribution >= 4 is 5.69 Å². The summed E-state index contributed by atoms with van der Waals surface area (Å²) in [6.45, 7) is 9.48. The molecule has 0 saturated heterocycles. The largest absolute Gasteiger partial charge is 0.389 e. The Morgan fingerprint density at radius 2 is 1.69 bits per heavy atom. The van der Waals surface area contributed by atoms with Crippen LogP contribution in [0.25, 0.3) is 0 Å². The summed E-state index contributed by atoms with van der Waals surface area (Å²) in [6.07, 6.45) is 0.767. The summed E-state index contributed by atoms with van der Waals surface area (Å²) >= 11 is 0. The molecule has 0 aromatic heterocycles. The Labute approximate surface area is 98.9 Å². The van der Waals surface area contributed by atoms with Crippen molar-refractivity contribution < 1.29 is 5.11 Å². The van der Waals surface area contributed by atoms with Crippen molar-refractivity contribution in [3.63, 3.8) is 0 Å². The Kier molecular flexibility index (Phi) is 4.81. The highest BCUT2D eigenvalue weighted by atomic mass is 16.3. The van der Waals surface area contributed by atoms with Gasteiger partial charge in [0, 0.05) is 18.3 Å². The minimum atomic E-state index is -0.382. The van der Waals surface area contributed by atoms with Crippen LogP contribution in [0.1, 0.15) is 45.8 Å². The quantitative estimate of drug-likeness (QED) is 0.824. The SMILES string of the molecule is CCCN(c1ccc([C@@H](C)O)cc1)C(C)C. The van der Waals surface area contributed by atoms with Crippen LogP contribution in [0.5, 0.6) is 0 Å². The molecule has 2 nitrogen and oxygen atoms in total. The first-order chi connectivity index (χ1) is 7.56. The van der Waals surface area contributed by atoms with Crippen LogP contribution in [0, 0.1) is 0 Å². The van der Waals surface area contributed by atoms with E-state index in [1.165, 1.54) is 5.69 Å². The molecule has 2 heteroatoms. The second-order valence-electron chi connectivity index (χ2n) is 4.55. The topological polar surface area (TPSA) is 23.5 Å². The van der Waals surface area contributed by atoms with Crippen LogP contribution in [0.15, 0.2) is 24.3 Å². The highest BCUT2D eigenvalue weighted by Gasteiger charge is 2.09. The summed E-state index contributed by atoms with van der Waals surface area (Å²) < 4.78 is 0. The van der Waals surface area contributed by atoms with Gasteiger partial charge in [0.05, 0.1) is 6.10 Å². The number of hydrogen-bond acceptors (Lipinski definition) is 2. The molecule has 0 fully saturated rings. The van der Waals surface area contributed by atoms with Gasteiger partial charge in [0.1, 0.15) is 0 Å². The molecule has 0 aliphatic carbocycles. The van der Waals surface area contributed by atoms with E-state index in [2.05, 4.69) is 37.8 Å². The molecule has 0 bridgehead atoms. The fourth-order valence-corrected chi connectivity index (χ4v) is 1.87. The predicted octanol–water partition coefficient (Wildman–Crippen LogP) is 3.36. The van der Waals surface area contributed by atoms with Gasteiger partial charge in [-0.25, -0.2) is 0 Å². The first-order valence-corrected chi connectivity index (χ1v) is 6.11. The Balaban J connectivity index is 2.85. The van der Waals surface area contributed by atoms with Crippen LogP contribution in [-0.2, 0) is 0 Å². The summed E-state index contributed by atoms with van der Waals surface area (Å²) in [5.74, 6) is 0. The summed E-state index contributed by atoms with van der Waals surface area (Å²) in [5.41, 5.74) is 2.21. The van der Waals surface area contributed by atoms with Crippen molar-refractivity contribution in [1.29, 1.82) is 0 Å². The third-order valence-electron chi connectivity index (χ3n) is 2.79. The molecule has 90 valence electrons. The lowest BCUT2D eigenvalue weighted by Crippen LogP contribution is -2.31. The molecular formula is C14H23NO. The number of rotatable bonds is 5. The molecule has 0 aliphatic rings. The molecule has 0 spiro atoms. The van der Waals surface area contributed by atoms with Gasteiger partial charge in [-0.15, -0.1) is 0 Å². The zero-order valence-electron chi connectivity index (χ0n) is 10.8. The van der Waals surface area contributed by atoms with E-state index in [0.29, 0.717) is 6.04 Å². The van der Waals surface area contributed by atoms with Gasteiger partial charge in [-0.2, -0.15) is 0 Å². The van der Waals surface area contributed by atoms with Gasteiger partial charge in [0.25, 0.3) is 0 Å². The zero-order valence-corrected chi connectivity index (χ0v) is 10.8. The second-order valence-corrected chi connectivity index (χ2v) is 4.55. The lowest BCUT2D eigenvalue weighted by molar-refractivity contribution is 0.199. The van der Waals surface area contributed by atoms with E-state index in [1.807, 2.05) is 12.1 Å². The minimum Gasteiger partial charge on any atom is -0.389 e. The third-order valence-corrected chi connectivity index (χ3v) is 2.79. The van der Waals surface area contributed by atoms with Gasteiger partial charge in [0.2, 0.25) is 0 Å². The van der Waals surface area contributed by atoms with Gasteiger partial charge in [0.15, 0.2) is 0 Å². The van der Waals surface area contributed by atoms with E-state index in [-0.39, 0.29) is 6.10 Å². The van der Waals surface area contributed by atoms with Crippen LogP contribution in [0.3, 0.4) is 0 Å². The van der Waals surface area contributed by atoms with Crippen molar-refractivity contribution in [3.05, 3.63) is 29.8 Å². The van der Waals surface area contributed by atoms with Crippen LogP contribution in [-0.4, -0.2) is 17.7 Å². The molecule has 0 aliphatic heterocycles. The highest BCUT2D eigenvalue weighted by molar-refractivity contribution is 5.48. The molecule has 0 heterocycles. The number of anilines is 1. The molecule has 0 radical (unpaired) electrons. The minimum absolute atomic E-state index is 0.382. The smallest absolute Gasteiger partial charge is 0.0761 e. The zero-order chi connectivity index (χ0) is 12.1. The molecule has 0 amide bonds. The van der Waals surface area contributed by atoms with E-state index in [4.69, 9.17) is 0 Å². The van der Waals surface area contributed by atoms with Crippen LogP contribution in [0.4, 0.5) is 5.69 Å². The Morgan fingerprint density at radius 3 is 2.06 bits per heavy atom. The maximum absolute atomic E-state index is 9.45. The lowest BCUT2D eigenvalue weighted by atomic mass is 10.1. The van der Waals surface area contributed by atoms with Crippen molar-refractivity contribution in [2.45, 2.75) is 46.3 Å². The number of nitrogens with zero attached hydrogens (tertiary/aromatic N) is 1. The second kappa shape index (κ2) is 5.90.